The highest BCUT2D eigenvalue weighted by Crippen LogP contribution is 2.25. The maximum atomic E-state index is 12.3. The Kier molecular flexibility index (Phi) is 2.33. The van der Waals surface area contributed by atoms with E-state index < -0.39 is 0 Å². The van der Waals surface area contributed by atoms with Crippen LogP contribution >= 0.6 is 0 Å². The van der Waals surface area contributed by atoms with Crippen molar-refractivity contribution < 1.29 is 4.79 Å². The standard InChI is InChI=1S/C13H14N4O/c1-16-8-15-5-12(16)13(18)17-6-9-2-3-11(14)4-10(9)7-17/h2-5,8H,6-7,14H2,1H3. The fourth-order valence-corrected chi connectivity index (χ4v) is 2.28. The van der Waals surface area contributed by atoms with Gasteiger partial charge < -0.3 is 15.2 Å². The largest absolute Gasteiger partial charge is 0.399 e. The van der Waals surface area contributed by atoms with Crippen LogP contribution in [0.15, 0.2) is 30.7 Å². The third kappa shape index (κ3) is 1.64. The summed E-state index contributed by atoms with van der Waals surface area (Å²) in [6.45, 7) is 1.25. The molecule has 1 aliphatic rings. The van der Waals surface area contributed by atoms with Gasteiger partial charge in [-0.25, -0.2) is 4.98 Å². The first-order chi connectivity index (χ1) is 8.65. The maximum Gasteiger partial charge on any atom is 0.272 e. The molecule has 2 N–H and O–H groups in total. The van der Waals surface area contributed by atoms with Crippen LogP contribution in [-0.2, 0) is 20.1 Å². The molecule has 92 valence electrons. The van der Waals surface area contributed by atoms with Gasteiger partial charge in [0.1, 0.15) is 5.69 Å². The van der Waals surface area contributed by atoms with Crippen molar-refractivity contribution in [1.29, 1.82) is 0 Å². The van der Waals surface area contributed by atoms with Gasteiger partial charge in [0, 0.05) is 25.8 Å². The molecule has 2 aromatic rings. The monoisotopic (exact) mass is 242 g/mol. The summed E-state index contributed by atoms with van der Waals surface area (Å²) < 4.78 is 1.74. The number of nitrogen functional groups attached to an aromatic ring is 1. The molecule has 1 aromatic heterocycles. The third-order valence-corrected chi connectivity index (χ3v) is 3.28. The van der Waals surface area contributed by atoms with E-state index in [-0.39, 0.29) is 5.91 Å². The van der Waals surface area contributed by atoms with E-state index in [1.807, 2.05) is 25.2 Å². The Bertz CT molecular complexity index is 617. The van der Waals surface area contributed by atoms with Crippen molar-refractivity contribution in [2.45, 2.75) is 13.1 Å². The van der Waals surface area contributed by atoms with E-state index in [9.17, 15) is 4.79 Å². The van der Waals surface area contributed by atoms with Crippen molar-refractivity contribution in [2.75, 3.05) is 5.73 Å². The van der Waals surface area contributed by atoms with Crippen LogP contribution in [0.1, 0.15) is 21.6 Å². The van der Waals surface area contributed by atoms with Gasteiger partial charge in [-0.2, -0.15) is 0 Å². The zero-order valence-corrected chi connectivity index (χ0v) is 10.1. The molecule has 18 heavy (non-hydrogen) atoms. The minimum atomic E-state index is 0.00442. The number of nitrogens with two attached hydrogens (primary N) is 1. The smallest absolute Gasteiger partial charge is 0.272 e. The number of nitrogens with zero attached hydrogens (tertiary/aromatic N) is 3. The lowest BCUT2D eigenvalue weighted by Gasteiger charge is -2.15. The second kappa shape index (κ2) is 3.87. The van der Waals surface area contributed by atoms with E-state index in [0.29, 0.717) is 18.8 Å². The molecule has 0 fully saturated rings. The SMILES string of the molecule is Cn1cncc1C(=O)N1Cc2ccc(N)cc2C1. The van der Waals surface area contributed by atoms with Crippen LogP contribution in [0.3, 0.4) is 0 Å². The van der Waals surface area contributed by atoms with Gasteiger partial charge in [0.15, 0.2) is 0 Å². The number of hydrogen-bond donors (Lipinski definition) is 1. The summed E-state index contributed by atoms with van der Waals surface area (Å²) in [4.78, 5) is 18.1. The van der Waals surface area contributed by atoms with E-state index in [4.69, 9.17) is 5.73 Å². The summed E-state index contributed by atoms with van der Waals surface area (Å²) in [5.41, 5.74) is 9.40. The molecule has 0 saturated heterocycles. The second-order valence-electron chi connectivity index (χ2n) is 4.58. The molecule has 0 radical (unpaired) electrons. The van der Waals surface area contributed by atoms with Gasteiger partial charge in [0.2, 0.25) is 0 Å². The number of anilines is 1. The van der Waals surface area contributed by atoms with Gasteiger partial charge in [0.05, 0.1) is 12.5 Å². The number of carbonyl (C=O) groups excluding carboxylic acids is 1. The first-order valence-corrected chi connectivity index (χ1v) is 5.78. The average Bonchev–Trinajstić information content (AvgIpc) is 2.93. The predicted octanol–water partition coefficient (Wildman–Crippen LogP) is 1.16. The van der Waals surface area contributed by atoms with Gasteiger partial charge >= 0.3 is 0 Å². The minimum absolute atomic E-state index is 0.00442. The topological polar surface area (TPSA) is 64.2 Å². The van der Waals surface area contributed by atoms with Crippen LogP contribution in [0.2, 0.25) is 0 Å². The number of fused-ring (bicyclic) bond motifs is 1. The fraction of sp³-hybridized carbons (Fsp3) is 0.231. The molecule has 5 nitrogen and oxygen atoms in total. The highest BCUT2D eigenvalue weighted by Gasteiger charge is 2.25. The molecular weight excluding hydrogens is 228 g/mol. The van der Waals surface area contributed by atoms with Crippen molar-refractivity contribution in [2.24, 2.45) is 7.05 Å². The van der Waals surface area contributed by atoms with Crippen LogP contribution in [0, 0.1) is 0 Å². The Hall–Kier alpha value is -2.30. The van der Waals surface area contributed by atoms with Crippen molar-refractivity contribution >= 4 is 11.6 Å². The molecule has 0 spiro atoms. The van der Waals surface area contributed by atoms with Crippen LogP contribution in [0.25, 0.3) is 0 Å². The van der Waals surface area contributed by atoms with Gasteiger partial charge in [-0.15, -0.1) is 0 Å². The fourth-order valence-electron chi connectivity index (χ4n) is 2.28. The summed E-state index contributed by atoms with van der Waals surface area (Å²) >= 11 is 0. The Morgan fingerprint density at radius 3 is 2.83 bits per heavy atom. The lowest BCUT2D eigenvalue weighted by Crippen LogP contribution is -2.26. The summed E-state index contributed by atoms with van der Waals surface area (Å²) in [6.07, 6.45) is 3.23. The molecule has 0 atom stereocenters. The van der Waals surface area contributed by atoms with Gasteiger partial charge in [-0.05, 0) is 23.3 Å². The van der Waals surface area contributed by atoms with Crippen molar-refractivity contribution in [3.05, 3.63) is 47.5 Å². The number of rotatable bonds is 1. The second-order valence-corrected chi connectivity index (χ2v) is 4.58. The van der Waals surface area contributed by atoms with E-state index in [0.717, 1.165) is 11.3 Å². The quantitative estimate of drug-likeness (QED) is 0.763. The highest BCUT2D eigenvalue weighted by atomic mass is 16.2. The number of benzene rings is 1. The van der Waals surface area contributed by atoms with Gasteiger partial charge in [-0.3, -0.25) is 4.79 Å². The molecule has 3 rings (SSSR count). The summed E-state index contributed by atoms with van der Waals surface area (Å²) in [5.74, 6) is 0.00442. The van der Waals surface area contributed by atoms with E-state index >= 15 is 0 Å². The molecule has 5 heteroatoms. The van der Waals surface area contributed by atoms with Gasteiger partial charge in [0.25, 0.3) is 5.91 Å². The van der Waals surface area contributed by atoms with Crippen LogP contribution < -0.4 is 5.73 Å². The van der Waals surface area contributed by atoms with Gasteiger partial charge in [-0.1, -0.05) is 6.07 Å². The number of carbonyl (C=O) groups is 1. The Balaban J connectivity index is 1.86. The molecule has 2 heterocycles. The summed E-state index contributed by atoms with van der Waals surface area (Å²) in [7, 11) is 1.82. The van der Waals surface area contributed by atoms with Crippen LogP contribution in [-0.4, -0.2) is 20.4 Å². The molecule has 1 aliphatic heterocycles. The van der Waals surface area contributed by atoms with E-state index in [1.54, 1.807) is 22.0 Å². The van der Waals surface area contributed by atoms with Crippen LogP contribution in [0.5, 0.6) is 0 Å². The number of amides is 1. The van der Waals surface area contributed by atoms with Crippen molar-refractivity contribution in [3.63, 3.8) is 0 Å². The molecule has 1 amide bonds. The molecule has 0 saturated carbocycles. The first-order valence-electron chi connectivity index (χ1n) is 5.78. The first kappa shape index (κ1) is 10.8. The number of aryl methyl sites for hydroxylation is 1. The minimum Gasteiger partial charge on any atom is -0.399 e. The molecule has 0 unspecified atom stereocenters. The Morgan fingerprint density at radius 1 is 1.33 bits per heavy atom. The average molecular weight is 242 g/mol. The zero-order valence-electron chi connectivity index (χ0n) is 10.1. The number of aromatic nitrogens is 2. The zero-order chi connectivity index (χ0) is 12.7. The van der Waals surface area contributed by atoms with Crippen molar-refractivity contribution in [1.82, 2.24) is 14.5 Å². The van der Waals surface area contributed by atoms with Crippen molar-refractivity contribution in [3.8, 4) is 0 Å². The maximum absolute atomic E-state index is 12.3. The Morgan fingerprint density at radius 2 is 2.11 bits per heavy atom. The highest BCUT2D eigenvalue weighted by molar-refractivity contribution is 5.92. The summed E-state index contributed by atoms with van der Waals surface area (Å²) in [6, 6.07) is 5.80. The molecular formula is C13H14N4O. The molecule has 0 bridgehead atoms. The number of imidazole rings is 1. The lowest BCUT2D eigenvalue weighted by atomic mass is 10.1. The molecule has 1 aromatic carbocycles. The summed E-state index contributed by atoms with van der Waals surface area (Å²) in [5, 5.41) is 0. The predicted molar refractivity (Wildman–Crippen MR) is 67.6 cm³/mol. The third-order valence-electron chi connectivity index (χ3n) is 3.28. The van der Waals surface area contributed by atoms with E-state index in [2.05, 4.69) is 4.98 Å². The lowest BCUT2D eigenvalue weighted by molar-refractivity contribution is 0.0741. The number of hydrogen-bond acceptors (Lipinski definition) is 3. The normalized spacial score (nSPS) is 13.7. The Labute approximate surface area is 105 Å². The van der Waals surface area contributed by atoms with E-state index in [1.165, 1.54) is 5.56 Å². The van der Waals surface area contributed by atoms with Crippen LogP contribution in [0.4, 0.5) is 5.69 Å². The molecule has 0 aliphatic carbocycles.